The maximum atomic E-state index is 12.6. The fraction of sp³-hybridized carbons (Fsp3) is 0.941. The molecular weight excluding hydrogens is 300 g/mol. The normalized spacial score (nSPS) is 38.0. The molecule has 2 aliphatic carbocycles. The van der Waals surface area contributed by atoms with Crippen molar-refractivity contribution in [2.24, 2.45) is 5.92 Å². The first-order valence-corrected chi connectivity index (χ1v) is 9.42. The van der Waals surface area contributed by atoms with Crippen molar-refractivity contribution in [3.63, 3.8) is 0 Å². The van der Waals surface area contributed by atoms with Gasteiger partial charge in [-0.05, 0) is 44.9 Å². The minimum atomic E-state index is -0.185. The standard InChI is InChI=1S/C17H29ClN2O2/c18-14-2-1-3-15(12-14)19-8-10-20(11-9-19)17(22)13-4-6-16(21)7-5-13/h13-16,21H,1-12H2. The first-order chi connectivity index (χ1) is 10.6. The zero-order valence-electron chi connectivity index (χ0n) is 13.4. The Morgan fingerprint density at radius 1 is 0.955 bits per heavy atom. The molecule has 0 bridgehead atoms. The monoisotopic (exact) mass is 328 g/mol. The van der Waals surface area contributed by atoms with Gasteiger partial charge in [-0.2, -0.15) is 0 Å². The van der Waals surface area contributed by atoms with Gasteiger partial charge in [-0.3, -0.25) is 9.69 Å². The number of carbonyl (C=O) groups is 1. The van der Waals surface area contributed by atoms with Crippen LogP contribution in [0.3, 0.4) is 0 Å². The van der Waals surface area contributed by atoms with Gasteiger partial charge >= 0.3 is 0 Å². The molecule has 4 nitrogen and oxygen atoms in total. The van der Waals surface area contributed by atoms with E-state index >= 15 is 0 Å². The molecule has 2 saturated carbocycles. The Morgan fingerprint density at radius 2 is 1.64 bits per heavy atom. The van der Waals surface area contributed by atoms with Gasteiger partial charge in [0.05, 0.1) is 6.10 Å². The van der Waals surface area contributed by atoms with Crippen LogP contribution in [-0.4, -0.2) is 64.5 Å². The molecule has 3 fully saturated rings. The van der Waals surface area contributed by atoms with Gasteiger partial charge < -0.3 is 10.0 Å². The zero-order chi connectivity index (χ0) is 15.5. The van der Waals surface area contributed by atoms with Crippen LogP contribution in [0.2, 0.25) is 0 Å². The van der Waals surface area contributed by atoms with Gasteiger partial charge in [-0.15, -0.1) is 11.6 Å². The lowest BCUT2D eigenvalue weighted by Gasteiger charge is -2.42. The Morgan fingerprint density at radius 3 is 2.27 bits per heavy atom. The van der Waals surface area contributed by atoms with Crippen LogP contribution in [0.15, 0.2) is 0 Å². The molecule has 2 atom stereocenters. The molecule has 0 aromatic carbocycles. The molecule has 2 unspecified atom stereocenters. The van der Waals surface area contributed by atoms with Crippen LogP contribution in [0, 0.1) is 5.92 Å². The van der Waals surface area contributed by atoms with E-state index in [4.69, 9.17) is 11.6 Å². The summed E-state index contributed by atoms with van der Waals surface area (Å²) in [6, 6.07) is 0.623. The van der Waals surface area contributed by atoms with Crippen molar-refractivity contribution in [3.05, 3.63) is 0 Å². The van der Waals surface area contributed by atoms with Crippen LogP contribution < -0.4 is 0 Å². The second-order valence-corrected chi connectivity index (χ2v) is 7.90. The molecule has 5 heteroatoms. The molecule has 1 N–H and O–H groups in total. The molecule has 1 saturated heterocycles. The largest absolute Gasteiger partial charge is 0.393 e. The average Bonchev–Trinajstić information content (AvgIpc) is 2.55. The molecule has 3 rings (SSSR count). The number of alkyl halides is 1. The first kappa shape index (κ1) is 16.5. The van der Waals surface area contributed by atoms with Crippen molar-refractivity contribution in [2.45, 2.75) is 68.9 Å². The van der Waals surface area contributed by atoms with Gasteiger partial charge in [0, 0.05) is 43.5 Å². The minimum absolute atomic E-state index is 0.150. The van der Waals surface area contributed by atoms with E-state index in [0.717, 1.165) is 64.7 Å². The molecule has 3 aliphatic rings. The molecular formula is C17H29ClN2O2. The number of nitrogens with zero attached hydrogens (tertiary/aromatic N) is 2. The third-order valence-electron chi connectivity index (χ3n) is 5.77. The number of aliphatic hydroxyl groups is 1. The number of piperazine rings is 1. The van der Waals surface area contributed by atoms with Crippen LogP contribution in [0.5, 0.6) is 0 Å². The SMILES string of the molecule is O=C(C1CCC(O)CC1)N1CCN(C2CCCC(Cl)C2)CC1. The van der Waals surface area contributed by atoms with Crippen molar-refractivity contribution in [1.82, 2.24) is 9.80 Å². The van der Waals surface area contributed by atoms with Crippen LogP contribution in [0.25, 0.3) is 0 Å². The third-order valence-corrected chi connectivity index (χ3v) is 6.17. The van der Waals surface area contributed by atoms with Crippen molar-refractivity contribution in [2.75, 3.05) is 26.2 Å². The van der Waals surface area contributed by atoms with E-state index in [2.05, 4.69) is 9.80 Å². The van der Waals surface area contributed by atoms with Gasteiger partial charge in [-0.1, -0.05) is 6.42 Å². The van der Waals surface area contributed by atoms with Gasteiger partial charge in [0.1, 0.15) is 0 Å². The van der Waals surface area contributed by atoms with Crippen LogP contribution in [0.1, 0.15) is 51.4 Å². The lowest BCUT2D eigenvalue weighted by molar-refractivity contribution is -0.139. The molecule has 1 aliphatic heterocycles. The summed E-state index contributed by atoms with van der Waals surface area (Å²) in [5, 5.41) is 9.92. The maximum absolute atomic E-state index is 12.6. The van der Waals surface area contributed by atoms with Crippen LogP contribution in [0.4, 0.5) is 0 Å². The highest BCUT2D eigenvalue weighted by atomic mass is 35.5. The number of hydrogen-bond acceptors (Lipinski definition) is 3. The molecule has 1 amide bonds. The number of carbonyl (C=O) groups excluding carboxylic acids is 1. The Kier molecular flexibility index (Phi) is 5.64. The minimum Gasteiger partial charge on any atom is -0.393 e. The molecule has 0 aromatic heterocycles. The average molecular weight is 329 g/mol. The molecule has 22 heavy (non-hydrogen) atoms. The number of amides is 1. The van der Waals surface area contributed by atoms with Gasteiger partial charge in [0.2, 0.25) is 5.91 Å². The second kappa shape index (κ2) is 7.50. The fourth-order valence-electron chi connectivity index (χ4n) is 4.33. The quantitative estimate of drug-likeness (QED) is 0.791. The molecule has 0 radical (unpaired) electrons. The van der Waals surface area contributed by atoms with Crippen molar-refractivity contribution >= 4 is 17.5 Å². The summed E-state index contributed by atoms with van der Waals surface area (Å²) in [7, 11) is 0. The smallest absolute Gasteiger partial charge is 0.225 e. The summed E-state index contributed by atoms with van der Waals surface area (Å²) < 4.78 is 0. The van der Waals surface area contributed by atoms with Crippen LogP contribution in [-0.2, 0) is 4.79 Å². The van der Waals surface area contributed by atoms with E-state index in [0.29, 0.717) is 17.3 Å². The Hall–Kier alpha value is -0.320. The summed E-state index contributed by atoms with van der Waals surface area (Å²) >= 11 is 6.31. The Bertz CT molecular complexity index is 377. The van der Waals surface area contributed by atoms with E-state index in [1.807, 2.05) is 0 Å². The number of rotatable bonds is 2. The highest BCUT2D eigenvalue weighted by Crippen LogP contribution is 2.29. The summed E-state index contributed by atoms with van der Waals surface area (Å²) in [5.74, 6) is 0.474. The molecule has 0 aromatic rings. The van der Waals surface area contributed by atoms with Crippen molar-refractivity contribution in [1.29, 1.82) is 0 Å². The van der Waals surface area contributed by atoms with E-state index in [1.54, 1.807) is 0 Å². The van der Waals surface area contributed by atoms with Gasteiger partial charge in [0.15, 0.2) is 0 Å². The lowest BCUT2D eigenvalue weighted by atomic mass is 9.86. The summed E-state index contributed by atoms with van der Waals surface area (Å²) in [5.41, 5.74) is 0. The Balaban J connectivity index is 1.46. The Labute approximate surface area is 138 Å². The highest BCUT2D eigenvalue weighted by molar-refractivity contribution is 6.20. The van der Waals surface area contributed by atoms with E-state index in [-0.39, 0.29) is 12.0 Å². The molecule has 126 valence electrons. The van der Waals surface area contributed by atoms with E-state index in [1.165, 1.54) is 12.8 Å². The van der Waals surface area contributed by atoms with E-state index in [9.17, 15) is 9.90 Å². The number of halogens is 1. The molecule has 1 heterocycles. The van der Waals surface area contributed by atoms with Gasteiger partial charge in [0.25, 0.3) is 0 Å². The van der Waals surface area contributed by atoms with Gasteiger partial charge in [-0.25, -0.2) is 0 Å². The number of hydrogen-bond donors (Lipinski definition) is 1. The zero-order valence-corrected chi connectivity index (χ0v) is 14.2. The second-order valence-electron chi connectivity index (χ2n) is 7.28. The summed E-state index contributed by atoms with van der Waals surface area (Å²) in [6.45, 7) is 3.72. The van der Waals surface area contributed by atoms with E-state index < -0.39 is 0 Å². The molecule has 0 spiro atoms. The fourth-order valence-corrected chi connectivity index (χ4v) is 4.69. The predicted octanol–water partition coefficient (Wildman–Crippen LogP) is 2.23. The van der Waals surface area contributed by atoms with Crippen molar-refractivity contribution < 1.29 is 9.90 Å². The summed E-state index contributed by atoms with van der Waals surface area (Å²) in [4.78, 5) is 17.2. The predicted molar refractivity (Wildman–Crippen MR) is 88.0 cm³/mol. The highest BCUT2D eigenvalue weighted by Gasteiger charge is 2.33. The topological polar surface area (TPSA) is 43.8 Å². The van der Waals surface area contributed by atoms with Crippen LogP contribution >= 0.6 is 11.6 Å². The van der Waals surface area contributed by atoms with Crippen molar-refractivity contribution in [3.8, 4) is 0 Å². The maximum Gasteiger partial charge on any atom is 0.225 e. The lowest BCUT2D eigenvalue weighted by Crippen LogP contribution is -2.54. The third kappa shape index (κ3) is 3.95. The number of aliphatic hydroxyl groups excluding tert-OH is 1. The first-order valence-electron chi connectivity index (χ1n) is 8.98. The summed E-state index contributed by atoms with van der Waals surface area (Å²) in [6.07, 6.45) is 7.87.